The molecule has 0 N–H and O–H groups in total. The molecule has 150 valence electrons. The van der Waals surface area contributed by atoms with Gasteiger partial charge >= 0.3 is 5.97 Å². The fraction of sp³-hybridized carbons (Fsp3) is 0.952. The molecule has 0 bridgehead atoms. The maximum absolute atomic E-state index is 11.9. The van der Waals surface area contributed by atoms with Gasteiger partial charge in [0.2, 0.25) is 0 Å². The third kappa shape index (κ3) is 16.6. The number of unbranched alkanes of at least 4 members (excludes halogenated alkanes) is 11. The number of hydrogen-bond donors (Lipinski definition) is 0. The van der Waals surface area contributed by atoms with Crippen LogP contribution in [-0.4, -0.2) is 39.0 Å². The van der Waals surface area contributed by atoms with Gasteiger partial charge in [-0.3, -0.25) is 0 Å². The minimum atomic E-state index is -0.432. The lowest BCUT2D eigenvalue weighted by atomic mass is 10.0. The summed E-state index contributed by atoms with van der Waals surface area (Å²) in [5.41, 5.74) is 0. The Morgan fingerprint density at radius 1 is 0.760 bits per heavy atom. The molecule has 0 aliphatic rings. The van der Waals surface area contributed by atoms with Crippen molar-refractivity contribution in [3.05, 3.63) is 0 Å². The third-order valence-corrected chi connectivity index (χ3v) is 4.48. The van der Waals surface area contributed by atoms with Crippen LogP contribution < -0.4 is 0 Å². The minimum absolute atomic E-state index is 0.235. The van der Waals surface area contributed by atoms with Gasteiger partial charge in [-0.15, -0.1) is 0 Å². The molecule has 1 unspecified atom stereocenters. The highest BCUT2D eigenvalue weighted by atomic mass is 16.6. The second-order valence-electron chi connectivity index (χ2n) is 6.78. The fourth-order valence-corrected chi connectivity index (χ4v) is 2.95. The van der Waals surface area contributed by atoms with Crippen molar-refractivity contribution in [2.45, 2.75) is 103 Å². The Hall–Kier alpha value is -0.610. The molecule has 0 aliphatic heterocycles. The molecule has 0 aliphatic carbocycles. The van der Waals surface area contributed by atoms with Crippen LogP contribution in [0, 0.1) is 0 Å². The van der Waals surface area contributed by atoms with Gasteiger partial charge in [0.1, 0.15) is 0 Å². The molecule has 25 heavy (non-hydrogen) atoms. The van der Waals surface area contributed by atoms with E-state index < -0.39 is 6.10 Å². The van der Waals surface area contributed by atoms with Gasteiger partial charge in [-0.1, -0.05) is 84.0 Å². The van der Waals surface area contributed by atoms with E-state index in [1.165, 1.54) is 70.6 Å². The summed E-state index contributed by atoms with van der Waals surface area (Å²) in [5.74, 6) is -0.235. The first-order valence-corrected chi connectivity index (χ1v) is 10.5. The molecule has 4 heteroatoms. The molecular weight excluding hydrogens is 316 g/mol. The summed E-state index contributed by atoms with van der Waals surface area (Å²) in [6.07, 6.45) is 16.1. The lowest BCUT2D eigenvalue weighted by Crippen LogP contribution is -2.28. The van der Waals surface area contributed by atoms with E-state index in [1.54, 1.807) is 7.11 Å². The first-order chi connectivity index (χ1) is 12.3. The largest absolute Gasteiger partial charge is 0.464 e. The molecule has 1 atom stereocenters. The van der Waals surface area contributed by atoms with Crippen molar-refractivity contribution < 1.29 is 19.0 Å². The number of rotatable bonds is 19. The van der Waals surface area contributed by atoms with Crippen LogP contribution in [0.2, 0.25) is 0 Å². The molecule has 0 aromatic rings. The third-order valence-electron chi connectivity index (χ3n) is 4.48. The number of ether oxygens (including phenoxy) is 3. The van der Waals surface area contributed by atoms with Crippen molar-refractivity contribution in [1.29, 1.82) is 0 Å². The first kappa shape index (κ1) is 24.4. The van der Waals surface area contributed by atoms with E-state index >= 15 is 0 Å². The van der Waals surface area contributed by atoms with E-state index in [4.69, 9.17) is 14.2 Å². The van der Waals surface area contributed by atoms with Gasteiger partial charge in [0.25, 0.3) is 0 Å². The molecule has 0 saturated carbocycles. The van der Waals surface area contributed by atoms with E-state index in [0.717, 1.165) is 12.8 Å². The van der Waals surface area contributed by atoms with E-state index in [-0.39, 0.29) is 5.97 Å². The summed E-state index contributed by atoms with van der Waals surface area (Å²) < 4.78 is 15.7. The summed E-state index contributed by atoms with van der Waals surface area (Å²) in [4.78, 5) is 11.9. The van der Waals surface area contributed by atoms with Crippen molar-refractivity contribution >= 4 is 5.97 Å². The lowest BCUT2D eigenvalue weighted by Gasteiger charge is -2.16. The van der Waals surface area contributed by atoms with Crippen molar-refractivity contribution in [3.63, 3.8) is 0 Å². The number of hydrogen-bond acceptors (Lipinski definition) is 4. The van der Waals surface area contributed by atoms with Gasteiger partial charge in [0.05, 0.1) is 19.8 Å². The maximum atomic E-state index is 11.9. The van der Waals surface area contributed by atoms with Crippen molar-refractivity contribution in [2.24, 2.45) is 0 Å². The van der Waals surface area contributed by atoms with Crippen LogP contribution in [0.5, 0.6) is 0 Å². The predicted octanol–water partition coefficient (Wildman–Crippen LogP) is 5.67. The van der Waals surface area contributed by atoms with Crippen LogP contribution in [-0.2, 0) is 19.0 Å². The second kappa shape index (κ2) is 19.7. The van der Waals surface area contributed by atoms with Crippen molar-refractivity contribution in [3.8, 4) is 0 Å². The Balaban J connectivity index is 3.55. The highest BCUT2D eigenvalue weighted by Gasteiger charge is 2.19. The van der Waals surface area contributed by atoms with Crippen LogP contribution in [0.4, 0.5) is 0 Å². The molecular formula is C21H42O4. The molecule has 0 rings (SSSR count). The van der Waals surface area contributed by atoms with E-state index in [1.807, 2.05) is 6.92 Å². The van der Waals surface area contributed by atoms with Crippen LogP contribution >= 0.6 is 0 Å². The first-order valence-electron chi connectivity index (χ1n) is 10.5. The second-order valence-corrected chi connectivity index (χ2v) is 6.78. The van der Waals surface area contributed by atoms with E-state index in [2.05, 4.69) is 6.92 Å². The molecule has 0 saturated heterocycles. The van der Waals surface area contributed by atoms with Crippen LogP contribution in [0.3, 0.4) is 0 Å². The van der Waals surface area contributed by atoms with E-state index in [9.17, 15) is 4.79 Å². The zero-order chi connectivity index (χ0) is 18.6. The standard InChI is InChI=1S/C21H42O4/c1-4-6-7-8-9-10-11-12-13-14-15-16-17-20(21(22)24-5-2)25-19-18-23-3/h20H,4-19H2,1-3H3. The molecule has 0 heterocycles. The van der Waals surface area contributed by atoms with Gasteiger partial charge in [0, 0.05) is 7.11 Å². The molecule has 0 aromatic heterocycles. The fourth-order valence-electron chi connectivity index (χ4n) is 2.95. The Bertz CT molecular complexity index is 281. The molecule has 0 fully saturated rings. The van der Waals surface area contributed by atoms with Crippen LogP contribution in [0.25, 0.3) is 0 Å². The van der Waals surface area contributed by atoms with Gasteiger partial charge in [-0.05, 0) is 13.3 Å². The normalized spacial score (nSPS) is 12.3. The van der Waals surface area contributed by atoms with Crippen LogP contribution in [0.1, 0.15) is 97.3 Å². The van der Waals surface area contributed by atoms with Gasteiger partial charge in [-0.2, -0.15) is 0 Å². The number of carbonyl (C=O) groups excluding carboxylic acids is 1. The smallest absolute Gasteiger partial charge is 0.335 e. The van der Waals surface area contributed by atoms with Gasteiger partial charge in [-0.25, -0.2) is 4.79 Å². The zero-order valence-corrected chi connectivity index (χ0v) is 17.0. The summed E-state index contributed by atoms with van der Waals surface area (Å²) in [6, 6.07) is 0. The summed E-state index contributed by atoms with van der Waals surface area (Å²) >= 11 is 0. The van der Waals surface area contributed by atoms with E-state index in [0.29, 0.717) is 19.8 Å². The Labute approximate surface area is 156 Å². The quantitative estimate of drug-likeness (QED) is 0.220. The Kier molecular flexibility index (Phi) is 19.2. The zero-order valence-electron chi connectivity index (χ0n) is 17.0. The monoisotopic (exact) mass is 358 g/mol. The number of methoxy groups -OCH3 is 1. The molecule has 0 aromatic carbocycles. The topological polar surface area (TPSA) is 44.8 Å². The summed E-state index contributed by atoms with van der Waals surface area (Å²) in [7, 11) is 1.63. The highest BCUT2D eigenvalue weighted by molar-refractivity contribution is 5.74. The average Bonchev–Trinajstić information content (AvgIpc) is 2.61. The minimum Gasteiger partial charge on any atom is -0.464 e. The summed E-state index contributed by atoms with van der Waals surface area (Å²) in [5, 5.41) is 0. The molecule has 0 amide bonds. The molecule has 0 spiro atoms. The SMILES string of the molecule is CCCCCCCCCCCCCCC(OCCOC)C(=O)OCC. The van der Waals surface area contributed by atoms with Crippen LogP contribution in [0.15, 0.2) is 0 Å². The lowest BCUT2D eigenvalue weighted by molar-refractivity contribution is -0.158. The van der Waals surface area contributed by atoms with Crippen molar-refractivity contribution in [1.82, 2.24) is 0 Å². The Morgan fingerprint density at radius 2 is 1.28 bits per heavy atom. The number of carbonyl (C=O) groups is 1. The average molecular weight is 359 g/mol. The Morgan fingerprint density at radius 3 is 1.76 bits per heavy atom. The predicted molar refractivity (Wildman–Crippen MR) is 104 cm³/mol. The summed E-state index contributed by atoms with van der Waals surface area (Å²) in [6.45, 7) is 5.45. The van der Waals surface area contributed by atoms with Gasteiger partial charge in [0.15, 0.2) is 6.10 Å². The molecule has 4 nitrogen and oxygen atoms in total. The maximum Gasteiger partial charge on any atom is 0.335 e. The van der Waals surface area contributed by atoms with Gasteiger partial charge < -0.3 is 14.2 Å². The van der Waals surface area contributed by atoms with Crippen molar-refractivity contribution in [2.75, 3.05) is 26.9 Å². The molecule has 0 radical (unpaired) electrons. The number of esters is 1. The highest BCUT2D eigenvalue weighted by Crippen LogP contribution is 2.14.